The number of halogens is 1. The number of rotatable bonds is 1. The summed E-state index contributed by atoms with van der Waals surface area (Å²) >= 11 is 0. The lowest BCUT2D eigenvalue weighted by molar-refractivity contribution is 0.598. The zero-order valence-corrected chi connectivity index (χ0v) is 10.3. The van der Waals surface area contributed by atoms with Gasteiger partial charge in [-0.2, -0.15) is 0 Å². The van der Waals surface area contributed by atoms with Crippen LogP contribution in [0.15, 0.2) is 36.9 Å². The molecule has 0 aliphatic heterocycles. The minimum atomic E-state index is -0.207. The summed E-state index contributed by atoms with van der Waals surface area (Å²) in [6.45, 7) is 3.93. The van der Waals surface area contributed by atoms with E-state index in [-0.39, 0.29) is 11.7 Å². The van der Waals surface area contributed by atoms with Crippen LogP contribution in [0.3, 0.4) is 0 Å². The van der Waals surface area contributed by atoms with Gasteiger partial charge in [-0.25, -0.2) is 14.4 Å². The first-order chi connectivity index (χ1) is 8.66. The standard InChI is InChI=1S/C15H13FN2/c1-11(2)14-6-5-12(7-15(14)16)3-4-13-8-17-10-18-9-13/h5-11H,1-2H3. The lowest BCUT2D eigenvalue weighted by atomic mass is 10.0. The average molecular weight is 240 g/mol. The zero-order valence-electron chi connectivity index (χ0n) is 10.3. The van der Waals surface area contributed by atoms with E-state index in [4.69, 9.17) is 0 Å². The predicted octanol–water partition coefficient (Wildman–Crippen LogP) is 3.14. The first-order valence-corrected chi connectivity index (χ1v) is 5.73. The molecule has 0 unspecified atom stereocenters. The topological polar surface area (TPSA) is 25.8 Å². The van der Waals surface area contributed by atoms with Crippen molar-refractivity contribution >= 4 is 0 Å². The van der Waals surface area contributed by atoms with Gasteiger partial charge >= 0.3 is 0 Å². The third kappa shape index (κ3) is 2.92. The van der Waals surface area contributed by atoms with E-state index < -0.39 is 0 Å². The molecule has 2 aromatic rings. The molecule has 0 bridgehead atoms. The maximum atomic E-state index is 13.7. The molecule has 90 valence electrons. The van der Waals surface area contributed by atoms with E-state index in [1.54, 1.807) is 18.5 Å². The second-order valence-electron chi connectivity index (χ2n) is 4.27. The Labute approximate surface area is 106 Å². The molecule has 0 fully saturated rings. The van der Waals surface area contributed by atoms with Gasteiger partial charge in [-0.3, -0.25) is 0 Å². The molecule has 0 spiro atoms. The minimum absolute atomic E-state index is 0.175. The van der Waals surface area contributed by atoms with Crippen LogP contribution < -0.4 is 0 Å². The molecule has 3 heteroatoms. The van der Waals surface area contributed by atoms with Gasteiger partial charge in [-0.15, -0.1) is 0 Å². The monoisotopic (exact) mass is 240 g/mol. The third-order valence-corrected chi connectivity index (χ3v) is 2.53. The number of hydrogen-bond donors (Lipinski definition) is 0. The van der Waals surface area contributed by atoms with Crippen molar-refractivity contribution in [2.75, 3.05) is 0 Å². The van der Waals surface area contributed by atoms with Gasteiger partial charge in [0.1, 0.15) is 12.1 Å². The lowest BCUT2D eigenvalue weighted by Crippen LogP contribution is -1.93. The van der Waals surface area contributed by atoms with E-state index in [2.05, 4.69) is 21.8 Å². The summed E-state index contributed by atoms with van der Waals surface area (Å²) < 4.78 is 13.7. The zero-order chi connectivity index (χ0) is 13.0. The summed E-state index contributed by atoms with van der Waals surface area (Å²) in [5.41, 5.74) is 2.08. The highest BCUT2D eigenvalue weighted by Crippen LogP contribution is 2.18. The molecule has 1 heterocycles. The van der Waals surface area contributed by atoms with E-state index in [1.165, 1.54) is 12.4 Å². The molecular weight excluding hydrogens is 227 g/mol. The van der Waals surface area contributed by atoms with E-state index in [1.807, 2.05) is 19.9 Å². The molecule has 0 amide bonds. The fourth-order valence-corrected chi connectivity index (χ4v) is 1.58. The maximum Gasteiger partial charge on any atom is 0.127 e. The normalized spacial score (nSPS) is 10.0. The van der Waals surface area contributed by atoms with Crippen molar-refractivity contribution in [2.45, 2.75) is 19.8 Å². The largest absolute Gasteiger partial charge is 0.244 e. The van der Waals surface area contributed by atoms with E-state index in [0.717, 1.165) is 0 Å². The Morgan fingerprint density at radius 2 is 1.72 bits per heavy atom. The molecule has 2 nitrogen and oxygen atoms in total. The molecular formula is C15H13FN2. The molecule has 0 atom stereocenters. The molecule has 1 aromatic carbocycles. The quantitative estimate of drug-likeness (QED) is 0.716. The highest BCUT2D eigenvalue weighted by atomic mass is 19.1. The van der Waals surface area contributed by atoms with Crippen molar-refractivity contribution in [3.05, 3.63) is 59.4 Å². The van der Waals surface area contributed by atoms with E-state index in [0.29, 0.717) is 16.7 Å². The minimum Gasteiger partial charge on any atom is -0.244 e. The molecule has 0 radical (unpaired) electrons. The summed E-state index contributed by atoms with van der Waals surface area (Å²) in [6.07, 6.45) is 4.69. The van der Waals surface area contributed by atoms with Gasteiger partial charge in [0.05, 0.1) is 5.56 Å². The van der Waals surface area contributed by atoms with Crippen molar-refractivity contribution in [1.82, 2.24) is 9.97 Å². The molecule has 18 heavy (non-hydrogen) atoms. The van der Waals surface area contributed by atoms with Crippen LogP contribution in [0.1, 0.15) is 36.5 Å². The van der Waals surface area contributed by atoms with Crippen molar-refractivity contribution in [2.24, 2.45) is 0 Å². The van der Waals surface area contributed by atoms with Crippen LogP contribution in [0.4, 0.5) is 4.39 Å². The molecule has 0 aliphatic rings. The van der Waals surface area contributed by atoms with Crippen molar-refractivity contribution in [3.8, 4) is 11.8 Å². The van der Waals surface area contributed by atoms with Gasteiger partial charge < -0.3 is 0 Å². The Hall–Kier alpha value is -2.21. The summed E-state index contributed by atoms with van der Waals surface area (Å²) in [7, 11) is 0. The second-order valence-corrected chi connectivity index (χ2v) is 4.27. The summed E-state index contributed by atoms with van der Waals surface area (Å²) in [6, 6.07) is 5.08. The Morgan fingerprint density at radius 3 is 2.33 bits per heavy atom. The average Bonchev–Trinajstić information content (AvgIpc) is 2.37. The predicted molar refractivity (Wildman–Crippen MR) is 68.5 cm³/mol. The second kappa shape index (κ2) is 5.42. The van der Waals surface area contributed by atoms with Crippen LogP contribution in [0, 0.1) is 17.7 Å². The smallest absolute Gasteiger partial charge is 0.127 e. The Kier molecular flexibility index (Phi) is 3.69. The SMILES string of the molecule is CC(C)c1ccc(C#Cc2cncnc2)cc1F. The van der Waals surface area contributed by atoms with Crippen LogP contribution in [0.5, 0.6) is 0 Å². The van der Waals surface area contributed by atoms with Gasteiger partial charge in [0.25, 0.3) is 0 Å². The highest BCUT2D eigenvalue weighted by molar-refractivity contribution is 5.42. The Morgan fingerprint density at radius 1 is 1.06 bits per heavy atom. The lowest BCUT2D eigenvalue weighted by Gasteiger charge is -2.06. The van der Waals surface area contributed by atoms with Crippen molar-refractivity contribution in [3.63, 3.8) is 0 Å². The Bertz CT molecular complexity index is 595. The number of benzene rings is 1. The summed E-state index contributed by atoms with van der Waals surface area (Å²) in [5.74, 6) is 5.76. The van der Waals surface area contributed by atoms with E-state index >= 15 is 0 Å². The van der Waals surface area contributed by atoms with Gasteiger partial charge in [-0.05, 0) is 23.6 Å². The van der Waals surface area contributed by atoms with Crippen molar-refractivity contribution < 1.29 is 4.39 Å². The molecule has 0 saturated carbocycles. The molecule has 2 rings (SSSR count). The number of nitrogens with zero attached hydrogens (tertiary/aromatic N) is 2. The van der Waals surface area contributed by atoms with Gasteiger partial charge in [0, 0.05) is 18.0 Å². The number of aromatic nitrogens is 2. The molecule has 0 aliphatic carbocycles. The molecule has 0 saturated heterocycles. The summed E-state index contributed by atoms with van der Waals surface area (Å²) in [5, 5.41) is 0. The fraction of sp³-hybridized carbons (Fsp3) is 0.200. The van der Waals surface area contributed by atoms with Crippen molar-refractivity contribution in [1.29, 1.82) is 0 Å². The molecule has 0 N–H and O–H groups in total. The van der Waals surface area contributed by atoms with Crippen LogP contribution in [0.25, 0.3) is 0 Å². The third-order valence-electron chi connectivity index (χ3n) is 2.53. The van der Waals surface area contributed by atoms with Crippen LogP contribution in [-0.2, 0) is 0 Å². The van der Waals surface area contributed by atoms with Crippen LogP contribution in [-0.4, -0.2) is 9.97 Å². The van der Waals surface area contributed by atoms with Gasteiger partial charge in [0.2, 0.25) is 0 Å². The Balaban J connectivity index is 2.27. The molecule has 1 aromatic heterocycles. The fourth-order valence-electron chi connectivity index (χ4n) is 1.58. The van der Waals surface area contributed by atoms with Crippen LogP contribution >= 0.6 is 0 Å². The first kappa shape index (κ1) is 12.3. The summed E-state index contributed by atoms with van der Waals surface area (Å²) in [4.78, 5) is 7.73. The van der Waals surface area contributed by atoms with Gasteiger partial charge in [0.15, 0.2) is 0 Å². The van der Waals surface area contributed by atoms with E-state index in [9.17, 15) is 4.39 Å². The first-order valence-electron chi connectivity index (χ1n) is 5.73. The number of hydrogen-bond acceptors (Lipinski definition) is 2. The maximum absolute atomic E-state index is 13.7. The highest BCUT2D eigenvalue weighted by Gasteiger charge is 2.05. The van der Waals surface area contributed by atoms with Gasteiger partial charge in [-0.1, -0.05) is 31.8 Å². The van der Waals surface area contributed by atoms with Crippen LogP contribution in [0.2, 0.25) is 0 Å².